The number of nitrogens with one attached hydrogen (secondary N) is 1. The Morgan fingerprint density at radius 3 is 2.75 bits per heavy atom. The van der Waals surface area contributed by atoms with Gasteiger partial charge >= 0.3 is 0 Å². The van der Waals surface area contributed by atoms with Crippen molar-refractivity contribution in [1.82, 2.24) is 14.6 Å². The monoisotopic (exact) mass is 459 g/mol. The van der Waals surface area contributed by atoms with Crippen LogP contribution in [0.4, 0.5) is 0 Å². The van der Waals surface area contributed by atoms with Crippen molar-refractivity contribution in [2.75, 3.05) is 26.3 Å². The number of sulfonamides is 1. The summed E-state index contributed by atoms with van der Waals surface area (Å²) in [6, 6.07) is 10.5. The zero-order valence-electron chi connectivity index (χ0n) is 18.0. The number of carbonyl (C=O) groups is 1. The van der Waals surface area contributed by atoms with Gasteiger partial charge in [0.05, 0.1) is 16.6 Å². The minimum atomic E-state index is -3.62. The number of pyridine rings is 1. The van der Waals surface area contributed by atoms with Crippen LogP contribution in [0.25, 0.3) is 0 Å². The van der Waals surface area contributed by atoms with Gasteiger partial charge in [0.15, 0.2) is 11.5 Å². The van der Waals surface area contributed by atoms with Crippen LogP contribution in [0.15, 0.2) is 47.5 Å². The molecule has 0 radical (unpaired) electrons. The number of benzene rings is 1. The van der Waals surface area contributed by atoms with Crippen molar-refractivity contribution >= 4 is 15.9 Å². The molecule has 1 N–H and O–H groups in total. The van der Waals surface area contributed by atoms with Crippen molar-refractivity contribution in [2.45, 2.75) is 49.5 Å². The Balaban J connectivity index is 1.19. The summed E-state index contributed by atoms with van der Waals surface area (Å²) >= 11 is 0. The summed E-state index contributed by atoms with van der Waals surface area (Å²) in [5.41, 5.74) is 0.951. The molecule has 172 valence electrons. The predicted octanol–water partition coefficient (Wildman–Crippen LogP) is 3.06. The smallest absolute Gasteiger partial charge is 0.240 e. The van der Waals surface area contributed by atoms with E-state index in [0.29, 0.717) is 44.1 Å². The van der Waals surface area contributed by atoms with E-state index in [0.717, 1.165) is 37.9 Å². The summed E-state index contributed by atoms with van der Waals surface area (Å²) in [6.45, 7) is 1.96. The van der Waals surface area contributed by atoms with E-state index in [9.17, 15) is 13.2 Å². The molecule has 1 fully saturated rings. The van der Waals surface area contributed by atoms with Gasteiger partial charge in [0.2, 0.25) is 15.9 Å². The number of fused-ring (bicyclic) bond motifs is 1. The summed E-state index contributed by atoms with van der Waals surface area (Å²) in [5, 5.41) is 0. The van der Waals surface area contributed by atoms with E-state index in [2.05, 4.69) is 9.71 Å². The van der Waals surface area contributed by atoms with Gasteiger partial charge in [-0.1, -0.05) is 12.5 Å². The lowest BCUT2D eigenvalue weighted by Gasteiger charge is -2.24. The highest BCUT2D eigenvalue weighted by atomic mass is 32.2. The number of hydrogen-bond acceptors (Lipinski definition) is 6. The Labute approximate surface area is 189 Å². The predicted molar refractivity (Wildman–Crippen MR) is 119 cm³/mol. The highest BCUT2D eigenvalue weighted by molar-refractivity contribution is 7.89. The molecule has 1 amide bonds. The summed E-state index contributed by atoms with van der Waals surface area (Å²) in [4.78, 5) is 19.2. The molecule has 0 spiro atoms. The van der Waals surface area contributed by atoms with E-state index in [1.165, 1.54) is 12.1 Å². The third kappa shape index (κ3) is 5.39. The molecule has 32 heavy (non-hydrogen) atoms. The van der Waals surface area contributed by atoms with Crippen LogP contribution in [0.2, 0.25) is 0 Å². The van der Waals surface area contributed by atoms with E-state index in [1.54, 1.807) is 12.3 Å². The standard InChI is InChI=1S/C23H29N3O5S/c27-23(26-14-6-8-20(26)19-7-3-5-12-24-19)9-2-1-4-13-25-32(28,29)18-10-11-21-22(17-18)31-16-15-30-21/h3,5,7,10-12,17,20,25H,1-2,4,6,8-9,13-16H2. The second-order valence-electron chi connectivity index (χ2n) is 8.01. The van der Waals surface area contributed by atoms with Crippen LogP contribution in [-0.2, 0) is 14.8 Å². The van der Waals surface area contributed by atoms with Gasteiger partial charge in [0, 0.05) is 31.8 Å². The Bertz CT molecular complexity index is 1030. The fourth-order valence-corrected chi connectivity index (χ4v) is 5.24. The first kappa shape index (κ1) is 22.5. The van der Waals surface area contributed by atoms with Gasteiger partial charge in [-0.25, -0.2) is 13.1 Å². The minimum absolute atomic E-state index is 0.0708. The van der Waals surface area contributed by atoms with Crippen molar-refractivity contribution in [1.29, 1.82) is 0 Å². The number of rotatable bonds is 9. The van der Waals surface area contributed by atoms with E-state index in [4.69, 9.17) is 9.47 Å². The Morgan fingerprint density at radius 1 is 1.09 bits per heavy atom. The van der Waals surface area contributed by atoms with Crippen molar-refractivity contribution in [2.24, 2.45) is 0 Å². The molecule has 3 heterocycles. The van der Waals surface area contributed by atoms with Crippen LogP contribution in [0.1, 0.15) is 50.3 Å². The molecule has 0 saturated carbocycles. The Kier molecular flexibility index (Phi) is 7.26. The largest absolute Gasteiger partial charge is 0.486 e. The molecule has 0 aliphatic carbocycles. The normalized spacial score (nSPS) is 18.0. The maximum Gasteiger partial charge on any atom is 0.240 e. The summed E-state index contributed by atoms with van der Waals surface area (Å²) in [7, 11) is -3.62. The van der Waals surface area contributed by atoms with Gasteiger partial charge in [-0.15, -0.1) is 0 Å². The number of nitrogens with zero attached hydrogens (tertiary/aromatic N) is 2. The number of amides is 1. The molecule has 1 saturated heterocycles. The summed E-state index contributed by atoms with van der Waals surface area (Å²) < 4.78 is 38.6. The third-order valence-electron chi connectivity index (χ3n) is 5.79. The number of hydrogen-bond donors (Lipinski definition) is 1. The first-order valence-electron chi connectivity index (χ1n) is 11.1. The SMILES string of the molecule is O=C(CCCCCNS(=O)(=O)c1ccc2c(c1)OCCO2)N1CCCC1c1ccccn1. The molecule has 1 aromatic heterocycles. The van der Waals surface area contributed by atoms with Crippen LogP contribution >= 0.6 is 0 Å². The maximum atomic E-state index is 12.7. The van der Waals surface area contributed by atoms with Crippen LogP contribution < -0.4 is 14.2 Å². The van der Waals surface area contributed by atoms with Gasteiger partial charge in [-0.3, -0.25) is 9.78 Å². The molecule has 1 aromatic carbocycles. The molecule has 1 unspecified atom stereocenters. The highest BCUT2D eigenvalue weighted by Gasteiger charge is 2.30. The van der Waals surface area contributed by atoms with Gasteiger partial charge < -0.3 is 14.4 Å². The molecule has 1 atom stereocenters. The van der Waals surface area contributed by atoms with Crippen molar-refractivity contribution in [3.8, 4) is 11.5 Å². The van der Waals surface area contributed by atoms with Crippen LogP contribution in [0.3, 0.4) is 0 Å². The van der Waals surface area contributed by atoms with Gasteiger partial charge in [0.25, 0.3) is 0 Å². The number of ether oxygens (including phenoxy) is 2. The molecule has 2 aliphatic heterocycles. The highest BCUT2D eigenvalue weighted by Crippen LogP contribution is 2.32. The third-order valence-corrected chi connectivity index (χ3v) is 7.24. The average molecular weight is 460 g/mol. The molecule has 4 rings (SSSR count). The zero-order valence-corrected chi connectivity index (χ0v) is 18.9. The Morgan fingerprint density at radius 2 is 1.94 bits per heavy atom. The summed E-state index contributed by atoms with van der Waals surface area (Å²) in [6.07, 6.45) is 6.35. The van der Waals surface area contributed by atoms with Crippen LogP contribution in [0.5, 0.6) is 11.5 Å². The fraction of sp³-hybridized carbons (Fsp3) is 0.478. The average Bonchev–Trinajstić information content (AvgIpc) is 3.31. The first-order valence-corrected chi connectivity index (χ1v) is 12.6. The molecule has 2 aromatic rings. The number of likely N-dealkylation sites (tertiary alicyclic amines) is 1. The lowest BCUT2D eigenvalue weighted by molar-refractivity contribution is -0.132. The molecular weight excluding hydrogens is 430 g/mol. The van der Waals surface area contributed by atoms with E-state index < -0.39 is 10.0 Å². The molecule has 9 heteroatoms. The first-order chi connectivity index (χ1) is 15.5. The van der Waals surface area contributed by atoms with E-state index >= 15 is 0 Å². The van der Waals surface area contributed by atoms with Crippen molar-refractivity contribution in [3.05, 3.63) is 48.3 Å². The van der Waals surface area contributed by atoms with E-state index in [-0.39, 0.29) is 16.8 Å². The van der Waals surface area contributed by atoms with Gasteiger partial charge in [0.1, 0.15) is 13.2 Å². The number of unbranched alkanes of at least 4 members (excludes halogenated alkanes) is 2. The molecule has 2 aliphatic rings. The van der Waals surface area contributed by atoms with Crippen molar-refractivity contribution < 1.29 is 22.7 Å². The molecule has 8 nitrogen and oxygen atoms in total. The fourth-order valence-electron chi connectivity index (χ4n) is 4.15. The van der Waals surface area contributed by atoms with Crippen molar-refractivity contribution in [3.63, 3.8) is 0 Å². The lowest BCUT2D eigenvalue weighted by atomic mass is 10.1. The Hall–Kier alpha value is -2.65. The van der Waals surface area contributed by atoms with Crippen LogP contribution in [0, 0.1) is 0 Å². The maximum absolute atomic E-state index is 12.7. The number of aromatic nitrogens is 1. The van der Waals surface area contributed by atoms with Gasteiger partial charge in [-0.2, -0.15) is 0 Å². The minimum Gasteiger partial charge on any atom is -0.486 e. The molecule has 0 bridgehead atoms. The summed E-state index contributed by atoms with van der Waals surface area (Å²) in [5.74, 6) is 1.15. The van der Waals surface area contributed by atoms with Crippen LogP contribution in [-0.4, -0.2) is 50.5 Å². The van der Waals surface area contributed by atoms with E-state index in [1.807, 2.05) is 23.1 Å². The number of carbonyl (C=O) groups excluding carboxylic acids is 1. The second-order valence-corrected chi connectivity index (χ2v) is 9.78. The topological polar surface area (TPSA) is 97.8 Å². The molecular formula is C23H29N3O5S. The quantitative estimate of drug-likeness (QED) is 0.579. The second kappa shape index (κ2) is 10.3. The zero-order chi connectivity index (χ0) is 22.4. The van der Waals surface area contributed by atoms with Gasteiger partial charge in [-0.05, 0) is 49.9 Å². The lowest BCUT2D eigenvalue weighted by Crippen LogP contribution is -2.30.